The smallest absolute Gasteiger partial charge is 0.142 e. The molecule has 0 atom stereocenters. The summed E-state index contributed by atoms with van der Waals surface area (Å²) in [6, 6.07) is 13.0. The van der Waals surface area contributed by atoms with Crippen LogP contribution in [0.25, 0.3) is 0 Å². The van der Waals surface area contributed by atoms with Crippen LogP contribution in [0.15, 0.2) is 36.4 Å². The number of ether oxygens (including phenoxy) is 2. The number of halogens is 1. The molecule has 0 saturated carbocycles. The van der Waals surface area contributed by atoms with E-state index in [-0.39, 0.29) is 0 Å². The van der Waals surface area contributed by atoms with E-state index >= 15 is 0 Å². The van der Waals surface area contributed by atoms with E-state index in [1.54, 1.807) is 44.6 Å². The Morgan fingerprint density at radius 1 is 1.10 bits per heavy atom. The van der Waals surface area contributed by atoms with Crippen molar-refractivity contribution in [1.29, 1.82) is 5.26 Å². The summed E-state index contributed by atoms with van der Waals surface area (Å²) in [6.07, 6.45) is 0. The summed E-state index contributed by atoms with van der Waals surface area (Å²) in [5, 5.41) is 13.0. The minimum atomic E-state index is 0.509. The Bertz CT molecular complexity index is 680. The van der Waals surface area contributed by atoms with Crippen LogP contribution in [0.1, 0.15) is 11.1 Å². The zero-order chi connectivity index (χ0) is 15.2. The Morgan fingerprint density at radius 3 is 2.48 bits per heavy atom. The lowest BCUT2D eigenvalue weighted by Crippen LogP contribution is -2.02. The summed E-state index contributed by atoms with van der Waals surface area (Å²) in [4.78, 5) is 0. The minimum absolute atomic E-state index is 0.509. The van der Waals surface area contributed by atoms with Crippen LogP contribution in [0.4, 0.5) is 5.69 Å². The molecule has 0 unspecified atom stereocenters. The van der Waals surface area contributed by atoms with Gasteiger partial charge < -0.3 is 14.8 Å². The highest BCUT2D eigenvalue weighted by atomic mass is 35.5. The highest BCUT2D eigenvalue weighted by Crippen LogP contribution is 2.28. The molecule has 0 aliphatic heterocycles. The lowest BCUT2D eigenvalue weighted by atomic mass is 10.1. The second-order valence-corrected chi connectivity index (χ2v) is 4.78. The molecule has 2 aromatic carbocycles. The molecule has 0 aliphatic rings. The van der Waals surface area contributed by atoms with E-state index in [0.717, 1.165) is 11.3 Å². The van der Waals surface area contributed by atoms with Crippen molar-refractivity contribution >= 4 is 17.3 Å². The van der Waals surface area contributed by atoms with Gasteiger partial charge in [-0.05, 0) is 35.9 Å². The average molecular weight is 303 g/mol. The lowest BCUT2D eigenvalue weighted by molar-refractivity contribution is 0.413. The van der Waals surface area contributed by atoms with E-state index in [4.69, 9.17) is 26.3 Å². The van der Waals surface area contributed by atoms with E-state index in [9.17, 15) is 0 Å². The Hall–Kier alpha value is -2.38. The van der Waals surface area contributed by atoms with Crippen molar-refractivity contribution in [1.82, 2.24) is 0 Å². The van der Waals surface area contributed by atoms with Gasteiger partial charge in [0.1, 0.15) is 17.6 Å². The van der Waals surface area contributed by atoms with Crippen LogP contribution in [-0.2, 0) is 6.54 Å². The first-order valence-corrected chi connectivity index (χ1v) is 6.70. The highest BCUT2D eigenvalue weighted by Gasteiger charge is 2.06. The molecule has 108 valence electrons. The zero-order valence-corrected chi connectivity index (χ0v) is 12.6. The number of hydrogen-bond donors (Lipinski definition) is 1. The molecule has 0 heterocycles. The largest absolute Gasteiger partial charge is 0.495 e. The summed E-state index contributed by atoms with van der Waals surface area (Å²) >= 11 is 5.99. The SMILES string of the molecule is COc1ccc(CNc2cc(Cl)ccc2OC)cc1C#N. The second kappa shape index (κ2) is 6.87. The van der Waals surface area contributed by atoms with Crippen LogP contribution in [0.5, 0.6) is 11.5 Å². The third kappa shape index (κ3) is 3.59. The van der Waals surface area contributed by atoms with Gasteiger partial charge >= 0.3 is 0 Å². The fraction of sp³-hybridized carbons (Fsp3) is 0.188. The molecule has 0 spiro atoms. The number of nitrogens with one attached hydrogen (secondary N) is 1. The molecule has 0 aliphatic carbocycles. The standard InChI is InChI=1S/C16H15ClN2O2/c1-20-15-5-3-11(7-12(15)9-18)10-19-14-8-13(17)4-6-16(14)21-2/h3-8,19H,10H2,1-2H3. The molecular weight excluding hydrogens is 288 g/mol. The van der Waals surface area contributed by atoms with Crippen molar-refractivity contribution in [2.45, 2.75) is 6.54 Å². The van der Waals surface area contributed by atoms with Crippen molar-refractivity contribution in [3.8, 4) is 17.6 Å². The van der Waals surface area contributed by atoms with Crippen LogP contribution in [0.3, 0.4) is 0 Å². The fourth-order valence-electron chi connectivity index (χ4n) is 1.97. The van der Waals surface area contributed by atoms with Gasteiger partial charge in [0.15, 0.2) is 0 Å². The first-order chi connectivity index (χ1) is 10.2. The Labute approximate surface area is 128 Å². The topological polar surface area (TPSA) is 54.3 Å². The number of nitrogens with zero attached hydrogens (tertiary/aromatic N) is 1. The first kappa shape index (κ1) is 15.0. The van der Waals surface area contributed by atoms with Crippen LogP contribution in [0, 0.1) is 11.3 Å². The van der Waals surface area contributed by atoms with E-state index < -0.39 is 0 Å². The molecule has 0 radical (unpaired) electrons. The van der Waals surface area contributed by atoms with E-state index in [1.165, 1.54) is 0 Å². The number of methoxy groups -OCH3 is 2. The fourth-order valence-corrected chi connectivity index (χ4v) is 2.14. The Kier molecular flexibility index (Phi) is 4.91. The van der Waals surface area contributed by atoms with Crippen molar-refractivity contribution in [2.75, 3.05) is 19.5 Å². The molecule has 5 heteroatoms. The zero-order valence-electron chi connectivity index (χ0n) is 11.8. The monoisotopic (exact) mass is 302 g/mol. The second-order valence-electron chi connectivity index (χ2n) is 4.34. The van der Waals surface area contributed by atoms with Gasteiger partial charge in [-0.1, -0.05) is 17.7 Å². The minimum Gasteiger partial charge on any atom is -0.495 e. The highest BCUT2D eigenvalue weighted by molar-refractivity contribution is 6.30. The molecule has 21 heavy (non-hydrogen) atoms. The van der Waals surface area contributed by atoms with Crippen LogP contribution in [0.2, 0.25) is 5.02 Å². The van der Waals surface area contributed by atoms with Crippen molar-refractivity contribution in [3.05, 3.63) is 52.5 Å². The van der Waals surface area contributed by atoms with Gasteiger partial charge in [0.2, 0.25) is 0 Å². The molecule has 0 amide bonds. The molecule has 0 bridgehead atoms. The van der Waals surface area contributed by atoms with E-state index in [2.05, 4.69) is 11.4 Å². The maximum Gasteiger partial charge on any atom is 0.142 e. The quantitative estimate of drug-likeness (QED) is 0.911. The van der Waals surface area contributed by atoms with Gasteiger partial charge in [0, 0.05) is 11.6 Å². The lowest BCUT2D eigenvalue weighted by Gasteiger charge is -2.12. The van der Waals surface area contributed by atoms with E-state index in [0.29, 0.717) is 28.6 Å². The molecule has 0 saturated heterocycles. The molecule has 1 N–H and O–H groups in total. The summed E-state index contributed by atoms with van der Waals surface area (Å²) in [7, 11) is 3.15. The summed E-state index contributed by atoms with van der Waals surface area (Å²) in [5.41, 5.74) is 2.28. The summed E-state index contributed by atoms with van der Waals surface area (Å²) in [5.74, 6) is 1.29. The van der Waals surface area contributed by atoms with Gasteiger partial charge in [0.25, 0.3) is 0 Å². The van der Waals surface area contributed by atoms with E-state index in [1.807, 2.05) is 6.07 Å². The molecule has 4 nitrogen and oxygen atoms in total. The average Bonchev–Trinajstić information content (AvgIpc) is 2.52. The third-order valence-corrected chi connectivity index (χ3v) is 3.26. The number of benzene rings is 2. The van der Waals surface area contributed by atoms with Crippen molar-refractivity contribution in [3.63, 3.8) is 0 Å². The molecule has 2 rings (SSSR count). The summed E-state index contributed by atoms with van der Waals surface area (Å²) < 4.78 is 10.4. The number of rotatable bonds is 5. The third-order valence-electron chi connectivity index (χ3n) is 3.03. The van der Waals surface area contributed by atoms with Crippen LogP contribution < -0.4 is 14.8 Å². The van der Waals surface area contributed by atoms with Crippen LogP contribution in [-0.4, -0.2) is 14.2 Å². The van der Waals surface area contributed by atoms with Gasteiger partial charge in [0.05, 0.1) is 25.5 Å². The predicted molar refractivity (Wildman–Crippen MR) is 83.0 cm³/mol. The maximum absolute atomic E-state index is 9.09. The first-order valence-electron chi connectivity index (χ1n) is 6.32. The predicted octanol–water partition coefficient (Wildman–Crippen LogP) is 3.84. The van der Waals surface area contributed by atoms with Gasteiger partial charge in [-0.3, -0.25) is 0 Å². The normalized spacial score (nSPS) is 9.81. The number of anilines is 1. The Morgan fingerprint density at radius 2 is 1.81 bits per heavy atom. The Balaban J connectivity index is 2.17. The van der Waals surface area contributed by atoms with Crippen molar-refractivity contribution < 1.29 is 9.47 Å². The maximum atomic E-state index is 9.09. The van der Waals surface area contributed by atoms with Gasteiger partial charge in [-0.15, -0.1) is 0 Å². The van der Waals surface area contributed by atoms with Gasteiger partial charge in [-0.2, -0.15) is 5.26 Å². The van der Waals surface area contributed by atoms with Crippen molar-refractivity contribution in [2.24, 2.45) is 0 Å². The molecule has 0 fully saturated rings. The molecule has 0 aromatic heterocycles. The number of hydrogen-bond acceptors (Lipinski definition) is 4. The molecule has 2 aromatic rings. The van der Waals surface area contributed by atoms with Crippen LogP contribution >= 0.6 is 11.6 Å². The van der Waals surface area contributed by atoms with Gasteiger partial charge in [-0.25, -0.2) is 0 Å². The molecular formula is C16H15ClN2O2. The summed E-state index contributed by atoms with van der Waals surface area (Å²) in [6.45, 7) is 0.551. The number of nitriles is 1.